The lowest BCUT2D eigenvalue weighted by atomic mass is 10.1. The molecule has 0 bridgehead atoms. The molecular weight excluding hydrogens is 238 g/mol. The standard InChI is InChI=1S/C10H17N5O3/c1-6-7(15(17)18)8(13-9(11)12-6)14(4)10(2,3)5-16/h16H,5H2,1-4H3,(H2,11,12,13). The van der Waals surface area contributed by atoms with Gasteiger partial charge in [0.15, 0.2) is 0 Å². The van der Waals surface area contributed by atoms with Gasteiger partial charge in [-0.2, -0.15) is 4.98 Å². The van der Waals surface area contributed by atoms with Crippen LogP contribution in [0.5, 0.6) is 0 Å². The molecule has 0 unspecified atom stereocenters. The van der Waals surface area contributed by atoms with Crippen molar-refractivity contribution >= 4 is 17.5 Å². The van der Waals surface area contributed by atoms with E-state index in [1.807, 2.05) is 0 Å². The predicted molar refractivity (Wildman–Crippen MR) is 67.4 cm³/mol. The molecule has 0 amide bonds. The summed E-state index contributed by atoms with van der Waals surface area (Å²) < 4.78 is 0. The van der Waals surface area contributed by atoms with Crippen LogP contribution in [0.15, 0.2) is 0 Å². The van der Waals surface area contributed by atoms with Gasteiger partial charge in [0, 0.05) is 7.05 Å². The van der Waals surface area contributed by atoms with E-state index in [-0.39, 0.29) is 29.8 Å². The van der Waals surface area contributed by atoms with Crippen molar-refractivity contribution in [3.8, 4) is 0 Å². The Bertz CT molecular complexity index is 475. The number of aromatic nitrogens is 2. The van der Waals surface area contributed by atoms with E-state index < -0.39 is 10.5 Å². The molecule has 0 atom stereocenters. The third kappa shape index (κ3) is 2.48. The molecular formula is C10H17N5O3. The number of aliphatic hydroxyl groups excluding tert-OH is 1. The van der Waals surface area contributed by atoms with Gasteiger partial charge in [-0.1, -0.05) is 0 Å². The molecule has 18 heavy (non-hydrogen) atoms. The molecule has 1 heterocycles. The molecule has 100 valence electrons. The number of likely N-dealkylation sites (N-methyl/N-ethyl adjacent to an activating group) is 1. The first kappa shape index (κ1) is 14.1. The zero-order valence-corrected chi connectivity index (χ0v) is 10.8. The highest BCUT2D eigenvalue weighted by molar-refractivity contribution is 5.62. The summed E-state index contributed by atoms with van der Waals surface area (Å²) in [5, 5.41) is 20.4. The predicted octanol–water partition coefficient (Wildman–Crippen LogP) is 0.483. The van der Waals surface area contributed by atoms with Crippen LogP contribution in [-0.2, 0) is 0 Å². The summed E-state index contributed by atoms with van der Waals surface area (Å²) in [4.78, 5) is 19.7. The van der Waals surface area contributed by atoms with Crippen LogP contribution in [-0.4, -0.2) is 39.2 Å². The molecule has 8 nitrogen and oxygen atoms in total. The van der Waals surface area contributed by atoms with Gasteiger partial charge in [-0.25, -0.2) is 4.98 Å². The van der Waals surface area contributed by atoms with Crippen LogP contribution >= 0.6 is 0 Å². The van der Waals surface area contributed by atoms with Crippen molar-refractivity contribution in [2.75, 3.05) is 24.3 Å². The van der Waals surface area contributed by atoms with E-state index in [1.54, 1.807) is 20.9 Å². The van der Waals surface area contributed by atoms with Gasteiger partial charge in [-0.05, 0) is 20.8 Å². The average molecular weight is 255 g/mol. The molecule has 0 aliphatic rings. The van der Waals surface area contributed by atoms with Gasteiger partial charge in [0.05, 0.1) is 17.1 Å². The number of hydrogen-bond acceptors (Lipinski definition) is 7. The summed E-state index contributed by atoms with van der Waals surface area (Å²) in [5.41, 5.74) is 4.82. The van der Waals surface area contributed by atoms with Crippen molar-refractivity contribution in [3.63, 3.8) is 0 Å². The summed E-state index contributed by atoms with van der Waals surface area (Å²) >= 11 is 0. The number of nitrogens with two attached hydrogens (primary N) is 1. The number of aryl methyl sites for hydroxylation is 1. The topological polar surface area (TPSA) is 118 Å². The average Bonchev–Trinajstić information content (AvgIpc) is 2.26. The molecule has 1 aromatic heterocycles. The van der Waals surface area contributed by atoms with Crippen LogP contribution in [0.3, 0.4) is 0 Å². The molecule has 0 saturated heterocycles. The summed E-state index contributed by atoms with van der Waals surface area (Å²) in [6, 6.07) is 0. The number of nitrogens with zero attached hydrogens (tertiary/aromatic N) is 4. The quantitative estimate of drug-likeness (QED) is 0.593. The van der Waals surface area contributed by atoms with Crippen LogP contribution in [0.2, 0.25) is 0 Å². The van der Waals surface area contributed by atoms with Crippen molar-refractivity contribution in [2.24, 2.45) is 0 Å². The van der Waals surface area contributed by atoms with Gasteiger partial charge in [-0.15, -0.1) is 0 Å². The normalized spacial score (nSPS) is 11.4. The second-order valence-corrected chi connectivity index (χ2v) is 4.63. The molecule has 0 fully saturated rings. The molecule has 8 heteroatoms. The third-order valence-electron chi connectivity index (χ3n) is 2.85. The molecule has 0 aliphatic heterocycles. The van der Waals surface area contributed by atoms with Crippen molar-refractivity contribution in [2.45, 2.75) is 26.3 Å². The smallest absolute Gasteiger partial charge is 0.332 e. The summed E-state index contributed by atoms with van der Waals surface area (Å²) in [7, 11) is 1.62. The number of anilines is 2. The van der Waals surface area contributed by atoms with Crippen LogP contribution in [0, 0.1) is 17.0 Å². The van der Waals surface area contributed by atoms with E-state index >= 15 is 0 Å². The molecule has 0 saturated carbocycles. The highest BCUT2D eigenvalue weighted by atomic mass is 16.6. The Hall–Kier alpha value is -1.96. The molecule has 1 aromatic rings. The molecule has 0 radical (unpaired) electrons. The molecule has 3 N–H and O–H groups in total. The molecule has 0 spiro atoms. The number of hydrogen-bond donors (Lipinski definition) is 2. The Labute approximate surface area is 105 Å². The highest BCUT2D eigenvalue weighted by Gasteiger charge is 2.31. The maximum atomic E-state index is 11.1. The first-order valence-electron chi connectivity index (χ1n) is 5.34. The first-order valence-corrected chi connectivity index (χ1v) is 5.34. The van der Waals surface area contributed by atoms with E-state index in [2.05, 4.69) is 9.97 Å². The van der Waals surface area contributed by atoms with Crippen molar-refractivity contribution in [3.05, 3.63) is 15.8 Å². The lowest BCUT2D eigenvalue weighted by Crippen LogP contribution is -2.45. The summed E-state index contributed by atoms with van der Waals surface area (Å²) in [6.45, 7) is 4.80. The largest absolute Gasteiger partial charge is 0.394 e. The molecule has 0 aliphatic carbocycles. The van der Waals surface area contributed by atoms with E-state index in [9.17, 15) is 15.2 Å². The number of nitro groups is 1. The van der Waals surface area contributed by atoms with Crippen molar-refractivity contribution in [1.82, 2.24) is 9.97 Å². The Balaban J connectivity index is 3.44. The highest BCUT2D eigenvalue weighted by Crippen LogP contribution is 2.32. The van der Waals surface area contributed by atoms with E-state index in [4.69, 9.17) is 5.73 Å². The van der Waals surface area contributed by atoms with Gasteiger partial charge >= 0.3 is 5.69 Å². The van der Waals surface area contributed by atoms with Crippen LogP contribution in [0.25, 0.3) is 0 Å². The van der Waals surface area contributed by atoms with Crippen LogP contribution in [0.4, 0.5) is 17.5 Å². The van der Waals surface area contributed by atoms with E-state index in [0.717, 1.165) is 0 Å². The minimum atomic E-state index is -0.696. The van der Waals surface area contributed by atoms with Gasteiger partial charge in [0.25, 0.3) is 0 Å². The second-order valence-electron chi connectivity index (χ2n) is 4.63. The lowest BCUT2D eigenvalue weighted by molar-refractivity contribution is -0.385. The minimum Gasteiger partial charge on any atom is -0.394 e. The van der Waals surface area contributed by atoms with Gasteiger partial charge in [0.2, 0.25) is 11.8 Å². The summed E-state index contributed by atoms with van der Waals surface area (Å²) in [5.74, 6) is 0.0674. The minimum absolute atomic E-state index is 0.0336. The van der Waals surface area contributed by atoms with Gasteiger partial charge in [0.1, 0.15) is 5.69 Å². The maximum Gasteiger partial charge on any atom is 0.332 e. The van der Waals surface area contributed by atoms with E-state index in [1.165, 1.54) is 11.8 Å². The van der Waals surface area contributed by atoms with Crippen LogP contribution < -0.4 is 10.6 Å². The number of nitrogen functional groups attached to an aromatic ring is 1. The Morgan fingerprint density at radius 2 is 2.06 bits per heavy atom. The molecule has 1 rings (SSSR count). The van der Waals surface area contributed by atoms with Gasteiger partial charge in [-0.3, -0.25) is 10.1 Å². The number of aliphatic hydroxyl groups is 1. The monoisotopic (exact) mass is 255 g/mol. The van der Waals surface area contributed by atoms with E-state index in [0.29, 0.717) is 0 Å². The molecule has 0 aromatic carbocycles. The Kier molecular flexibility index (Phi) is 3.70. The Morgan fingerprint density at radius 3 is 2.50 bits per heavy atom. The van der Waals surface area contributed by atoms with Crippen molar-refractivity contribution in [1.29, 1.82) is 0 Å². The summed E-state index contributed by atoms with van der Waals surface area (Å²) in [6.07, 6.45) is 0. The van der Waals surface area contributed by atoms with Gasteiger partial charge < -0.3 is 15.7 Å². The zero-order chi connectivity index (χ0) is 14.1. The SMILES string of the molecule is Cc1nc(N)nc(N(C)C(C)(C)CO)c1[N+](=O)[O-]. The fraction of sp³-hybridized carbons (Fsp3) is 0.600. The Morgan fingerprint density at radius 1 is 1.50 bits per heavy atom. The first-order chi connectivity index (χ1) is 8.20. The van der Waals surface area contributed by atoms with Crippen molar-refractivity contribution < 1.29 is 10.0 Å². The number of rotatable bonds is 4. The lowest BCUT2D eigenvalue weighted by Gasteiger charge is -2.34. The fourth-order valence-electron chi connectivity index (χ4n) is 1.41. The second kappa shape index (κ2) is 4.73. The maximum absolute atomic E-state index is 11.1. The third-order valence-corrected chi connectivity index (χ3v) is 2.85. The zero-order valence-electron chi connectivity index (χ0n) is 10.8. The fourth-order valence-corrected chi connectivity index (χ4v) is 1.41. The van der Waals surface area contributed by atoms with Crippen LogP contribution in [0.1, 0.15) is 19.5 Å².